The summed E-state index contributed by atoms with van der Waals surface area (Å²) in [7, 11) is -1.41. The van der Waals surface area contributed by atoms with Gasteiger partial charge in [0, 0.05) is 16.6 Å². The first-order chi connectivity index (χ1) is 11.5. The van der Waals surface area contributed by atoms with Gasteiger partial charge >= 0.3 is 5.97 Å². The summed E-state index contributed by atoms with van der Waals surface area (Å²) in [5.41, 5.74) is 0.720. The van der Waals surface area contributed by atoms with E-state index in [1.807, 2.05) is 0 Å². The number of carbonyl (C=O) groups excluding carboxylic acids is 1. The average molecular weight is 350 g/mol. The Labute approximate surface area is 142 Å². The van der Waals surface area contributed by atoms with Crippen molar-refractivity contribution < 1.29 is 23.2 Å². The summed E-state index contributed by atoms with van der Waals surface area (Å²) in [6, 6.07) is 12.0. The van der Waals surface area contributed by atoms with Crippen molar-refractivity contribution in [2.24, 2.45) is 0 Å². The van der Waals surface area contributed by atoms with Crippen LogP contribution in [-0.2, 0) is 20.3 Å². The molecule has 2 aromatic rings. The van der Waals surface area contributed by atoms with Crippen molar-refractivity contribution in [3.05, 3.63) is 59.9 Å². The van der Waals surface area contributed by atoms with Crippen molar-refractivity contribution in [3.8, 4) is 5.75 Å². The Morgan fingerprint density at radius 1 is 1.25 bits per heavy atom. The maximum atomic E-state index is 13.1. The van der Waals surface area contributed by atoms with Gasteiger partial charge < -0.3 is 9.84 Å². The minimum absolute atomic E-state index is 0.0320. The number of hydrogen-bond acceptors (Lipinski definition) is 4. The lowest BCUT2D eigenvalue weighted by atomic mass is 9.98. The summed E-state index contributed by atoms with van der Waals surface area (Å²) in [5.74, 6) is -0.923. The predicted molar refractivity (Wildman–Crippen MR) is 89.8 cm³/mol. The fourth-order valence-corrected chi connectivity index (χ4v) is 3.68. The van der Waals surface area contributed by atoms with E-state index in [4.69, 9.17) is 4.74 Å². The monoisotopic (exact) mass is 350 g/mol. The molecule has 0 bridgehead atoms. The SMILES string of the molecule is CCOC(=O)CC(CS(=O)c1cccc(O)c1)c1ccc(F)cc1. The second kappa shape index (κ2) is 8.59. The summed E-state index contributed by atoms with van der Waals surface area (Å²) in [6.45, 7) is 1.99. The van der Waals surface area contributed by atoms with Gasteiger partial charge in [0.15, 0.2) is 0 Å². The van der Waals surface area contributed by atoms with Gasteiger partial charge in [0.2, 0.25) is 0 Å². The molecule has 2 aromatic carbocycles. The largest absolute Gasteiger partial charge is 0.508 e. The van der Waals surface area contributed by atoms with Crippen molar-refractivity contribution in [2.75, 3.05) is 12.4 Å². The molecule has 0 spiro atoms. The van der Waals surface area contributed by atoms with Crippen LogP contribution in [0.3, 0.4) is 0 Å². The van der Waals surface area contributed by atoms with Crippen molar-refractivity contribution >= 4 is 16.8 Å². The molecule has 128 valence electrons. The molecule has 4 nitrogen and oxygen atoms in total. The van der Waals surface area contributed by atoms with E-state index in [-0.39, 0.29) is 42.2 Å². The van der Waals surface area contributed by atoms with Gasteiger partial charge in [-0.05, 0) is 42.8 Å². The van der Waals surface area contributed by atoms with Crippen molar-refractivity contribution in [3.63, 3.8) is 0 Å². The molecular weight excluding hydrogens is 331 g/mol. The molecule has 2 atom stereocenters. The van der Waals surface area contributed by atoms with Crippen LogP contribution in [-0.4, -0.2) is 27.6 Å². The topological polar surface area (TPSA) is 63.6 Å². The van der Waals surface area contributed by atoms with Crippen LogP contribution in [0.15, 0.2) is 53.4 Å². The quantitative estimate of drug-likeness (QED) is 0.778. The van der Waals surface area contributed by atoms with E-state index >= 15 is 0 Å². The number of benzene rings is 2. The molecule has 0 amide bonds. The Hall–Kier alpha value is -2.21. The van der Waals surface area contributed by atoms with E-state index < -0.39 is 10.8 Å². The van der Waals surface area contributed by atoms with E-state index in [2.05, 4.69) is 0 Å². The zero-order chi connectivity index (χ0) is 17.5. The van der Waals surface area contributed by atoms with E-state index in [0.717, 1.165) is 5.56 Å². The van der Waals surface area contributed by atoms with Gasteiger partial charge in [0.05, 0.1) is 23.8 Å². The smallest absolute Gasteiger partial charge is 0.306 e. The molecule has 0 fully saturated rings. The van der Waals surface area contributed by atoms with Crippen molar-refractivity contribution in [1.82, 2.24) is 0 Å². The van der Waals surface area contributed by atoms with Crippen LogP contribution in [0.5, 0.6) is 5.75 Å². The van der Waals surface area contributed by atoms with Crippen molar-refractivity contribution in [1.29, 1.82) is 0 Å². The lowest BCUT2D eigenvalue weighted by Crippen LogP contribution is -2.16. The van der Waals surface area contributed by atoms with E-state index in [1.54, 1.807) is 31.2 Å². The van der Waals surface area contributed by atoms with Crippen LogP contribution in [0, 0.1) is 5.82 Å². The van der Waals surface area contributed by atoms with Crippen LogP contribution >= 0.6 is 0 Å². The molecule has 24 heavy (non-hydrogen) atoms. The Morgan fingerprint density at radius 2 is 1.96 bits per heavy atom. The average Bonchev–Trinajstić information content (AvgIpc) is 2.55. The van der Waals surface area contributed by atoms with Gasteiger partial charge in [-0.2, -0.15) is 0 Å². The van der Waals surface area contributed by atoms with Gasteiger partial charge in [-0.3, -0.25) is 9.00 Å². The summed E-state index contributed by atoms with van der Waals surface area (Å²) < 4.78 is 30.7. The molecule has 1 N–H and O–H groups in total. The molecule has 2 rings (SSSR count). The first kappa shape index (κ1) is 18.1. The highest BCUT2D eigenvalue weighted by Gasteiger charge is 2.21. The molecule has 0 aromatic heterocycles. The second-order valence-corrected chi connectivity index (χ2v) is 6.76. The summed E-state index contributed by atoms with van der Waals surface area (Å²) in [6.07, 6.45) is 0.0596. The zero-order valence-electron chi connectivity index (χ0n) is 13.3. The molecule has 2 unspecified atom stereocenters. The van der Waals surface area contributed by atoms with Gasteiger partial charge in [-0.25, -0.2) is 4.39 Å². The predicted octanol–water partition coefficient (Wildman–Crippen LogP) is 3.38. The third-order valence-corrected chi connectivity index (χ3v) is 4.98. The lowest BCUT2D eigenvalue weighted by Gasteiger charge is -2.16. The number of hydrogen-bond donors (Lipinski definition) is 1. The molecule has 0 aliphatic heterocycles. The number of esters is 1. The fraction of sp³-hybridized carbons (Fsp3) is 0.278. The number of carbonyl (C=O) groups is 1. The number of phenols is 1. The molecule has 0 aliphatic rings. The number of phenolic OH excluding ortho intramolecular Hbond substituents is 1. The lowest BCUT2D eigenvalue weighted by molar-refractivity contribution is -0.143. The first-order valence-corrected chi connectivity index (χ1v) is 8.90. The maximum absolute atomic E-state index is 13.1. The van der Waals surface area contributed by atoms with E-state index in [1.165, 1.54) is 24.3 Å². The minimum Gasteiger partial charge on any atom is -0.508 e. The van der Waals surface area contributed by atoms with E-state index in [0.29, 0.717) is 4.90 Å². The van der Waals surface area contributed by atoms with Crippen LogP contribution in [0.4, 0.5) is 4.39 Å². The highest BCUT2D eigenvalue weighted by molar-refractivity contribution is 7.85. The molecule has 0 heterocycles. The van der Waals surface area contributed by atoms with Gasteiger partial charge in [0.25, 0.3) is 0 Å². The minimum atomic E-state index is -1.41. The second-order valence-electron chi connectivity index (χ2n) is 5.27. The summed E-state index contributed by atoms with van der Waals surface area (Å²) in [4.78, 5) is 12.3. The van der Waals surface area contributed by atoms with Crippen LogP contribution in [0.2, 0.25) is 0 Å². The molecule has 6 heteroatoms. The number of halogens is 1. The summed E-state index contributed by atoms with van der Waals surface area (Å²) >= 11 is 0. The Morgan fingerprint density at radius 3 is 2.58 bits per heavy atom. The first-order valence-electron chi connectivity index (χ1n) is 7.58. The Balaban J connectivity index is 2.20. The normalized spacial score (nSPS) is 13.2. The third-order valence-electron chi connectivity index (χ3n) is 3.49. The van der Waals surface area contributed by atoms with Gasteiger partial charge in [-0.1, -0.05) is 18.2 Å². The maximum Gasteiger partial charge on any atom is 0.306 e. The standard InChI is InChI=1S/C18H19FO4S/c1-2-23-18(21)10-14(13-6-8-15(19)9-7-13)12-24(22)17-5-3-4-16(20)11-17/h3-9,11,14,20H,2,10,12H2,1H3. The molecular formula is C18H19FO4S. The molecule has 0 radical (unpaired) electrons. The number of ether oxygens (including phenoxy) is 1. The Bertz CT molecular complexity index is 715. The van der Waals surface area contributed by atoms with Crippen LogP contribution < -0.4 is 0 Å². The van der Waals surface area contributed by atoms with Gasteiger partial charge in [0.1, 0.15) is 11.6 Å². The van der Waals surface area contributed by atoms with Crippen LogP contribution in [0.25, 0.3) is 0 Å². The third kappa shape index (κ3) is 5.16. The molecule has 0 saturated heterocycles. The van der Waals surface area contributed by atoms with Gasteiger partial charge in [-0.15, -0.1) is 0 Å². The molecule has 0 saturated carbocycles. The van der Waals surface area contributed by atoms with E-state index in [9.17, 15) is 18.5 Å². The number of aromatic hydroxyl groups is 1. The van der Waals surface area contributed by atoms with Crippen LogP contribution in [0.1, 0.15) is 24.8 Å². The Kier molecular flexibility index (Phi) is 6.49. The highest BCUT2D eigenvalue weighted by Crippen LogP contribution is 2.25. The number of rotatable bonds is 7. The fourth-order valence-electron chi connectivity index (χ4n) is 2.33. The highest BCUT2D eigenvalue weighted by atomic mass is 32.2. The van der Waals surface area contributed by atoms with Crippen molar-refractivity contribution in [2.45, 2.75) is 24.2 Å². The molecule has 0 aliphatic carbocycles. The summed E-state index contributed by atoms with van der Waals surface area (Å²) in [5, 5.41) is 9.51. The zero-order valence-corrected chi connectivity index (χ0v) is 14.1.